The van der Waals surface area contributed by atoms with Gasteiger partial charge in [0.2, 0.25) is 0 Å². The van der Waals surface area contributed by atoms with Crippen LogP contribution in [0.3, 0.4) is 0 Å². The number of hydrogen-bond donors (Lipinski definition) is 3. The Balaban J connectivity index is 2.74. The number of aliphatic hydroxyl groups is 2. The van der Waals surface area contributed by atoms with Crippen LogP contribution in [-0.2, 0) is 14.3 Å². The van der Waals surface area contributed by atoms with Crippen LogP contribution in [0.5, 0.6) is 0 Å². The molecule has 1 heterocycles. The Hall–Kier alpha value is -0.690. The smallest absolute Gasteiger partial charge is 0.335 e. The maximum Gasteiger partial charge on any atom is 0.335 e. The molecule has 4 atom stereocenters. The van der Waals surface area contributed by atoms with E-state index in [4.69, 9.17) is 14.6 Å². The van der Waals surface area contributed by atoms with Crippen LogP contribution in [0.1, 0.15) is 13.8 Å². The van der Waals surface area contributed by atoms with Gasteiger partial charge in [0.15, 0.2) is 6.10 Å². The maximum atomic E-state index is 10.8. The third-order valence-corrected chi connectivity index (χ3v) is 2.15. The van der Waals surface area contributed by atoms with Crippen LogP contribution in [0.25, 0.3) is 0 Å². The monoisotopic (exact) mass is 220 g/mol. The molecule has 0 saturated carbocycles. The molecule has 1 aliphatic heterocycles. The van der Waals surface area contributed by atoms with E-state index < -0.39 is 30.4 Å². The molecular weight excluding hydrogens is 204 g/mol. The minimum absolute atomic E-state index is 0.198. The Bertz CT molecular complexity index is 229. The van der Waals surface area contributed by atoms with Crippen LogP contribution in [-0.4, -0.2) is 58.4 Å². The number of hydrogen-bond acceptors (Lipinski definition) is 5. The zero-order valence-electron chi connectivity index (χ0n) is 8.66. The fraction of sp³-hybridized carbons (Fsp3) is 0.889. The molecule has 0 aromatic rings. The molecular formula is C9H16O6. The van der Waals surface area contributed by atoms with Gasteiger partial charge >= 0.3 is 5.97 Å². The highest BCUT2D eigenvalue weighted by atomic mass is 16.6. The Labute approximate surface area is 87.4 Å². The van der Waals surface area contributed by atoms with Gasteiger partial charge in [-0.1, -0.05) is 0 Å². The molecule has 6 heteroatoms. The van der Waals surface area contributed by atoms with Crippen molar-refractivity contribution in [1.29, 1.82) is 0 Å². The van der Waals surface area contributed by atoms with E-state index in [2.05, 4.69) is 0 Å². The first-order valence-electron chi connectivity index (χ1n) is 4.79. The van der Waals surface area contributed by atoms with E-state index in [1.165, 1.54) is 0 Å². The van der Waals surface area contributed by atoms with Gasteiger partial charge in [-0.15, -0.1) is 0 Å². The van der Waals surface area contributed by atoms with Crippen molar-refractivity contribution in [2.45, 2.75) is 44.4 Å². The highest BCUT2D eigenvalue weighted by Gasteiger charge is 2.43. The number of carboxylic acid groups (broad SMARTS) is 1. The summed E-state index contributed by atoms with van der Waals surface area (Å²) in [7, 11) is 0. The second-order valence-corrected chi connectivity index (χ2v) is 3.80. The molecule has 0 aromatic heterocycles. The van der Waals surface area contributed by atoms with Gasteiger partial charge in [-0.2, -0.15) is 0 Å². The summed E-state index contributed by atoms with van der Waals surface area (Å²) < 4.78 is 10.1. The highest BCUT2D eigenvalue weighted by Crippen LogP contribution is 2.20. The minimum atomic E-state index is -1.23. The third-order valence-electron chi connectivity index (χ3n) is 2.15. The summed E-state index contributed by atoms with van der Waals surface area (Å²) >= 11 is 0. The van der Waals surface area contributed by atoms with E-state index in [0.29, 0.717) is 0 Å². The van der Waals surface area contributed by atoms with E-state index in [9.17, 15) is 15.0 Å². The van der Waals surface area contributed by atoms with Gasteiger partial charge in [0.25, 0.3) is 0 Å². The maximum absolute atomic E-state index is 10.8. The summed E-state index contributed by atoms with van der Waals surface area (Å²) in [4.78, 5) is 10.8. The first-order chi connectivity index (χ1) is 6.93. The van der Waals surface area contributed by atoms with Crippen molar-refractivity contribution >= 4 is 5.97 Å². The van der Waals surface area contributed by atoms with Crippen molar-refractivity contribution in [1.82, 2.24) is 0 Å². The van der Waals surface area contributed by atoms with Crippen molar-refractivity contribution in [2.24, 2.45) is 0 Å². The van der Waals surface area contributed by atoms with Crippen molar-refractivity contribution in [3.63, 3.8) is 0 Å². The van der Waals surface area contributed by atoms with Crippen molar-refractivity contribution in [3.8, 4) is 0 Å². The lowest BCUT2D eigenvalue weighted by atomic mass is 10.00. The van der Waals surface area contributed by atoms with Crippen molar-refractivity contribution < 1.29 is 29.6 Å². The average Bonchev–Trinajstić information content (AvgIpc) is 2.12. The van der Waals surface area contributed by atoms with Gasteiger partial charge in [-0.25, -0.2) is 4.79 Å². The van der Waals surface area contributed by atoms with E-state index in [-0.39, 0.29) is 12.7 Å². The lowest BCUT2D eigenvalue weighted by Gasteiger charge is -2.36. The summed E-state index contributed by atoms with van der Waals surface area (Å²) in [6.07, 6.45) is -4.86. The topological polar surface area (TPSA) is 96.2 Å². The number of carbonyl (C=O) groups is 1. The predicted molar refractivity (Wildman–Crippen MR) is 49.4 cm³/mol. The summed E-state index contributed by atoms with van der Waals surface area (Å²) in [6.45, 7) is 3.23. The van der Waals surface area contributed by atoms with Crippen LogP contribution >= 0.6 is 0 Å². The predicted octanol–water partition coefficient (Wildman–Crippen LogP) is -1.01. The van der Waals surface area contributed by atoms with Crippen LogP contribution in [0.4, 0.5) is 0 Å². The molecule has 0 radical (unpaired) electrons. The zero-order valence-corrected chi connectivity index (χ0v) is 8.66. The number of ether oxygens (including phenoxy) is 2. The molecule has 0 spiro atoms. The van der Waals surface area contributed by atoms with Crippen LogP contribution in [0, 0.1) is 0 Å². The molecule has 0 bridgehead atoms. The molecule has 4 unspecified atom stereocenters. The van der Waals surface area contributed by atoms with E-state index in [0.717, 1.165) is 0 Å². The molecule has 15 heavy (non-hydrogen) atoms. The Morgan fingerprint density at radius 2 is 2.07 bits per heavy atom. The lowest BCUT2D eigenvalue weighted by molar-refractivity contribution is -0.220. The van der Waals surface area contributed by atoms with Crippen molar-refractivity contribution in [3.05, 3.63) is 0 Å². The number of aliphatic hydroxyl groups excluding tert-OH is 2. The molecule has 88 valence electrons. The second kappa shape index (κ2) is 4.89. The summed E-state index contributed by atoms with van der Waals surface area (Å²) in [6, 6.07) is 0. The van der Waals surface area contributed by atoms with Crippen LogP contribution < -0.4 is 0 Å². The van der Waals surface area contributed by atoms with Crippen LogP contribution in [0.15, 0.2) is 0 Å². The van der Waals surface area contributed by atoms with Crippen LogP contribution in [0.2, 0.25) is 0 Å². The van der Waals surface area contributed by atoms with Gasteiger partial charge in [-0.05, 0) is 13.8 Å². The lowest BCUT2D eigenvalue weighted by Crippen LogP contribution is -2.57. The van der Waals surface area contributed by atoms with Gasteiger partial charge < -0.3 is 24.8 Å². The molecule has 3 N–H and O–H groups in total. The molecule has 6 nitrogen and oxygen atoms in total. The third kappa shape index (κ3) is 2.88. The minimum Gasteiger partial charge on any atom is -0.479 e. The zero-order chi connectivity index (χ0) is 11.6. The number of rotatable bonds is 3. The Kier molecular flexibility index (Phi) is 4.04. The molecule has 0 aromatic carbocycles. The van der Waals surface area contributed by atoms with E-state index >= 15 is 0 Å². The largest absolute Gasteiger partial charge is 0.479 e. The molecule has 1 aliphatic rings. The summed E-state index contributed by atoms with van der Waals surface area (Å²) in [5.41, 5.74) is 0. The highest BCUT2D eigenvalue weighted by molar-refractivity contribution is 5.73. The van der Waals surface area contributed by atoms with Crippen molar-refractivity contribution in [2.75, 3.05) is 6.61 Å². The molecule has 1 rings (SSSR count). The van der Waals surface area contributed by atoms with Gasteiger partial charge in [0.1, 0.15) is 18.3 Å². The molecule has 0 amide bonds. The first kappa shape index (κ1) is 12.4. The quantitative estimate of drug-likeness (QED) is 0.563. The second-order valence-electron chi connectivity index (χ2n) is 3.80. The fourth-order valence-corrected chi connectivity index (χ4v) is 1.47. The fourth-order valence-electron chi connectivity index (χ4n) is 1.47. The molecule has 1 fully saturated rings. The van der Waals surface area contributed by atoms with Gasteiger partial charge in [0.05, 0.1) is 12.7 Å². The SMILES string of the molecule is CC(C)OC1C(C(=O)O)OCC(O)C1O. The summed E-state index contributed by atoms with van der Waals surface area (Å²) in [5.74, 6) is -1.20. The molecule has 1 saturated heterocycles. The van der Waals surface area contributed by atoms with Gasteiger partial charge in [-0.3, -0.25) is 0 Å². The molecule has 0 aliphatic carbocycles. The van der Waals surface area contributed by atoms with Gasteiger partial charge in [0, 0.05) is 0 Å². The normalized spacial score (nSPS) is 36.9. The summed E-state index contributed by atoms with van der Waals surface area (Å²) in [5, 5.41) is 27.7. The Morgan fingerprint density at radius 1 is 1.47 bits per heavy atom. The Morgan fingerprint density at radius 3 is 2.53 bits per heavy atom. The number of carboxylic acids is 1. The number of aliphatic carboxylic acids is 1. The first-order valence-corrected chi connectivity index (χ1v) is 4.79. The van der Waals surface area contributed by atoms with E-state index in [1.807, 2.05) is 0 Å². The van der Waals surface area contributed by atoms with E-state index in [1.54, 1.807) is 13.8 Å². The standard InChI is InChI=1S/C9H16O6/c1-4(2)15-7-6(11)5(10)3-14-8(7)9(12)13/h4-8,10-11H,3H2,1-2H3,(H,12,13). The average molecular weight is 220 g/mol.